The van der Waals surface area contributed by atoms with Crippen LogP contribution in [0.25, 0.3) is 0 Å². The number of nitrogens with two attached hydrogens (primary N) is 1. The number of carbonyl (C=O) groups is 1. The van der Waals surface area contributed by atoms with Crippen LogP contribution < -0.4 is 11.1 Å². The van der Waals surface area contributed by atoms with Crippen LogP contribution in [0.3, 0.4) is 0 Å². The van der Waals surface area contributed by atoms with E-state index in [4.69, 9.17) is 10.5 Å². The van der Waals surface area contributed by atoms with Gasteiger partial charge in [-0.25, -0.2) is 0 Å². The minimum atomic E-state index is -0.884. The SMILES string of the molecule is NCC(=O)NCC1(O)CCOC1. The van der Waals surface area contributed by atoms with Crippen molar-refractivity contribution >= 4 is 5.91 Å². The average Bonchev–Trinajstić information content (AvgIpc) is 2.49. The van der Waals surface area contributed by atoms with Gasteiger partial charge in [0.15, 0.2) is 0 Å². The quantitative estimate of drug-likeness (QED) is 0.472. The first-order valence-corrected chi connectivity index (χ1v) is 3.93. The molecular weight excluding hydrogens is 160 g/mol. The first-order valence-electron chi connectivity index (χ1n) is 3.93. The first-order chi connectivity index (χ1) is 5.66. The number of rotatable bonds is 3. The van der Waals surface area contributed by atoms with Gasteiger partial charge in [-0.15, -0.1) is 0 Å². The summed E-state index contributed by atoms with van der Waals surface area (Å²) in [5.41, 5.74) is 4.19. The molecule has 0 saturated carbocycles. The lowest BCUT2D eigenvalue weighted by molar-refractivity contribution is -0.121. The van der Waals surface area contributed by atoms with E-state index in [0.29, 0.717) is 13.0 Å². The molecule has 5 heteroatoms. The van der Waals surface area contributed by atoms with Crippen molar-refractivity contribution < 1.29 is 14.6 Å². The molecule has 0 radical (unpaired) electrons. The fourth-order valence-electron chi connectivity index (χ4n) is 1.07. The summed E-state index contributed by atoms with van der Waals surface area (Å²) >= 11 is 0. The molecule has 1 unspecified atom stereocenters. The van der Waals surface area contributed by atoms with Gasteiger partial charge in [0.1, 0.15) is 5.60 Å². The van der Waals surface area contributed by atoms with Crippen molar-refractivity contribution in [1.82, 2.24) is 5.32 Å². The van der Waals surface area contributed by atoms with Gasteiger partial charge in [0, 0.05) is 19.6 Å². The van der Waals surface area contributed by atoms with Crippen molar-refractivity contribution in [2.45, 2.75) is 12.0 Å². The Kier molecular flexibility index (Phi) is 3.02. The van der Waals surface area contributed by atoms with Gasteiger partial charge >= 0.3 is 0 Å². The Hall–Kier alpha value is -0.650. The number of aliphatic hydroxyl groups is 1. The van der Waals surface area contributed by atoms with Gasteiger partial charge in [0.05, 0.1) is 13.2 Å². The Labute approximate surface area is 70.9 Å². The van der Waals surface area contributed by atoms with Crippen molar-refractivity contribution in [3.63, 3.8) is 0 Å². The van der Waals surface area contributed by atoms with E-state index >= 15 is 0 Å². The third-order valence-corrected chi connectivity index (χ3v) is 1.88. The predicted octanol–water partition coefficient (Wildman–Crippen LogP) is -1.79. The van der Waals surface area contributed by atoms with Crippen LogP contribution in [0.4, 0.5) is 0 Å². The molecule has 4 N–H and O–H groups in total. The van der Waals surface area contributed by atoms with Crippen molar-refractivity contribution in [2.75, 3.05) is 26.3 Å². The average molecular weight is 174 g/mol. The number of hydrogen-bond acceptors (Lipinski definition) is 4. The van der Waals surface area contributed by atoms with E-state index in [1.165, 1.54) is 0 Å². The van der Waals surface area contributed by atoms with Crippen LogP contribution in [0.2, 0.25) is 0 Å². The maximum absolute atomic E-state index is 10.7. The molecule has 1 saturated heterocycles. The molecule has 0 aromatic rings. The van der Waals surface area contributed by atoms with Crippen LogP contribution in [0.15, 0.2) is 0 Å². The third-order valence-electron chi connectivity index (χ3n) is 1.88. The van der Waals surface area contributed by atoms with Gasteiger partial charge in [-0.3, -0.25) is 4.79 Å². The summed E-state index contributed by atoms with van der Waals surface area (Å²) in [6.07, 6.45) is 0.567. The van der Waals surface area contributed by atoms with E-state index in [-0.39, 0.29) is 25.6 Å². The Morgan fingerprint density at radius 1 is 1.75 bits per heavy atom. The Morgan fingerprint density at radius 3 is 3.00 bits per heavy atom. The molecule has 1 aliphatic heterocycles. The normalized spacial score (nSPS) is 28.8. The highest BCUT2D eigenvalue weighted by atomic mass is 16.5. The third kappa shape index (κ3) is 2.44. The maximum Gasteiger partial charge on any atom is 0.233 e. The number of ether oxygens (including phenoxy) is 1. The second kappa shape index (κ2) is 3.84. The van der Waals surface area contributed by atoms with Gasteiger partial charge in [0.25, 0.3) is 0 Å². The zero-order valence-electron chi connectivity index (χ0n) is 6.88. The van der Waals surface area contributed by atoms with Crippen molar-refractivity contribution in [3.05, 3.63) is 0 Å². The molecule has 0 aromatic heterocycles. The highest BCUT2D eigenvalue weighted by Crippen LogP contribution is 2.16. The summed E-state index contributed by atoms with van der Waals surface area (Å²) < 4.78 is 4.99. The van der Waals surface area contributed by atoms with E-state index in [1.54, 1.807) is 0 Å². The van der Waals surface area contributed by atoms with E-state index in [0.717, 1.165) is 0 Å². The van der Waals surface area contributed by atoms with Crippen LogP contribution in [0, 0.1) is 0 Å². The molecule has 5 nitrogen and oxygen atoms in total. The minimum Gasteiger partial charge on any atom is -0.386 e. The second-order valence-corrected chi connectivity index (χ2v) is 3.01. The topological polar surface area (TPSA) is 84.6 Å². The number of hydrogen-bond donors (Lipinski definition) is 3. The summed E-state index contributed by atoms with van der Waals surface area (Å²) in [4.78, 5) is 10.7. The summed E-state index contributed by atoms with van der Waals surface area (Å²) in [6.45, 7) is 1.02. The number of nitrogens with one attached hydrogen (secondary N) is 1. The molecule has 1 rings (SSSR count). The van der Waals surface area contributed by atoms with Gasteiger partial charge in [0.2, 0.25) is 5.91 Å². The zero-order chi connectivity index (χ0) is 9.03. The van der Waals surface area contributed by atoms with Crippen LogP contribution in [0.5, 0.6) is 0 Å². The molecule has 0 aliphatic carbocycles. The molecule has 12 heavy (non-hydrogen) atoms. The molecule has 1 fully saturated rings. The van der Waals surface area contributed by atoms with Crippen LogP contribution in [-0.4, -0.2) is 42.9 Å². The van der Waals surface area contributed by atoms with Gasteiger partial charge < -0.3 is 20.9 Å². The Balaban J connectivity index is 2.25. The Morgan fingerprint density at radius 2 is 2.50 bits per heavy atom. The van der Waals surface area contributed by atoms with Crippen LogP contribution >= 0.6 is 0 Å². The molecule has 1 atom stereocenters. The number of amides is 1. The molecule has 0 aromatic carbocycles. The van der Waals surface area contributed by atoms with E-state index in [9.17, 15) is 9.90 Å². The van der Waals surface area contributed by atoms with Crippen LogP contribution in [0.1, 0.15) is 6.42 Å². The second-order valence-electron chi connectivity index (χ2n) is 3.01. The lowest BCUT2D eigenvalue weighted by Gasteiger charge is -2.20. The van der Waals surface area contributed by atoms with E-state index < -0.39 is 5.60 Å². The lowest BCUT2D eigenvalue weighted by Crippen LogP contribution is -2.45. The van der Waals surface area contributed by atoms with Crippen molar-refractivity contribution in [3.8, 4) is 0 Å². The van der Waals surface area contributed by atoms with Gasteiger partial charge in [-0.1, -0.05) is 0 Å². The zero-order valence-corrected chi connectivity index (χ0v) is 6.88. The summed E-state index contributed by atoms with van der Waals surface area (Å²) in [5.74, 6) is -0.254. The van der Waals surface area contributed by atoms with Crippen molar-refractivity contribution in [1.29, 1.82) is 0 Å². The maximum atomic E-state index is 10.7. The molecular formula is C7H14N2O3. The molecule has 1 heterocycles. The summed E-state index contributed by atoms with van der Waals surface area (Å²) in [7, 11) is 0. The predicted molar refractivity (Wildman–Crippen MR) is 42.4 cm³/mol. The smallest absolute Gasteiger partial charge is 0.233 e. The van der Waals surface area contributed by atoms with Gasteiger partial charge in [-0.2, -0.15) is 0 Å². The minimum absolute atomic E-state index is 0.0447. The fraction of sp³-hybridized carbons (Fsp3) is 0.857. The molecule has 1 aliphatic rings. The molecule has 1 amide bonds. The van der Waals surface area contributed by atoms with E-state index in [2.05, 4.69) is 5.32 Å². The number of carbonyl (C=O) groups excluding carboxylic acids is 1. The Bertz CT molecular complexity index is 166. The lowest BCUT2D eigenvalue weighted by atomic mass is 10.0. The van der Waals surface area contributed by atoms with E-state index in [1.807, 2.05) is 0 Å². The van der Waals surface area contributed by atoms with Crippen LogP contribution in [-0.2, 0) is 9.53 Å². The highest BCUT2D eigenvalue weighted by Gasteiger charge is 2.32. The standard InChI is InChI=1S/C7H14N2O3/c8-3-6(10)9-4-7(11)1-2-12-5-7/h11H,1-5,8H2,(H,9,10). The van der Waals surface area contributed by atoms with Crippen molar-refractivity contribution in [2.24, 2.45) is 5.73 Å². The summed E-state index contributed by atoms with van der Waals surface area (Å²) in [5, 5.41) is 12.2. The fourth-order valence-corrected chi connectivity index (χ4v) is 1.07. The molecule has 0 spiro atoms. The monoisotopic (exact) mass is 174 g/mol. The molecule has 70 valence electrons. The largest absolute Gasteiger partial charge is 0.386 e. The van der Waals surface area contributed by atoms with Gasteiger partial charge in [-0.05, 0) is 0 Å². The summed E-state index contributed by atoms with van der Waals surface area (Å²) in [6, 6.07) is 0. The molecule has 0 bridgehead atoms. The first kappa shape index (κ1) is 9.44. The highest BCUT2D eigenvalue weighted by molar-refractivity contribution is 5.77.